The molecule has 2 amide bonds. The van der Waals surface area contributed by atoms with Crippen LogP contribution in [0.25, 0.3) is 0 Å². The van der Waals surface area contributed by atoms with Crippen molar-refractivity contribution in [2.45, 2.75) is 32.1 Å². The maximum Gasteiger partial charge on any atom is 0.240 e. The number of nitrogens with zero attached hydrogens (tertiary/aromatic N) is 2. The summed E-state index contributed by atoms with van der Waals surface area (Å²) in [7, 11) is 0. The third kappa shape index (κ3) is 5.00. The van der Waals surface area contributed by atoms with Crippen molar-refractivity contribution < 1.29 is 9.59 Å². The molecule has 1 aliphatic heterocycles. The van der Waals surface area contributed by atoms with Gasteiger partial charge < -0.3 is 10.6 Å². The number of rotatable bonds is 5. The van der Waals surface area contributed by atoms with Gasteiger partial charge in [0.15, 0.2) is 5.17 Å². The van der Waals surface area contributed by atoms with E-state index in [4.69, 9.17) is 0 Å². The number of hydrogen-bond donors (Lipinski definition) is 2. The highest BCUT2D eigenvalue weighted by atomic mass is 32.2. The Bertz CT molecular complexity index is 609. The van der Waals surface area contributed by atoms with Crippen molar-refractivity contribution in [3.05, 3.63) is 35.9 Å². The number of hydrogen-bond acceptors (Lipinski definition) is 5. The molecule has 1 heterocycles. The first-order valence-electron chi connectivity index (χ1n) is 6.91. The molecule has 0 radical (unpaired) electrons. The first kappa shape index (κ1) is 16.2. The molecule has 22 heavy (non-hydrogen) atoms. The molecule has 1 saturated heterocycles. The van der Waals surface area contributed by atoms with E-state index in [9.17, 15) is 9.59 Å². The van der Waals surface area contributed by atoms with Crippen LogP contribution in [0.5, 0.6) is 0 Å². The molecule has 1 aromatic carbocycles. The fourth-order valence-electron chi connectivity index (χ4n) is 1.77. The third-order valence-corrected chi connectivity index (χ3v) is 3.89. The Hall–Kier alpha value is -2.15. The lowest BCUT2D eigenvalue weighted by molar-refractivity contribution is -0.125. The second kappa shape index (κ2) is 7.74. The highest BCUT2D eigenvalue weighted by Crippen LogP contribution is 2.22. The summed E-state index contributed by atoms with van der Waals surface area (Å²) in [4.78, 5) is 23.7. The van der Waals surface area contributed by atoms with E-state index in [2.05, 4.69) is 20.8 Å². The van der Waals surface area contributed by atoms with Crippen LogP contribution in [-0.4, -0.2) is 27.9 Å². The summed E-state index contributed by atoms with van der Waals surface area (Å²) in [6, 6.07) is 9.63. The molecule has 116 valence electrons. The lowest BCUT2D eigenvalue weighted by atomic mass is 10.2. The van der Waals surface area contributed by atoms with E-state index in [1.165, 1.54) is 11.8 Å². The van der Waals surface area contributed by atoms with Crippen LogP contribution < -0.4 is 10.6 Å². The van der Waals surface area contributed by atoms with Crippen molar-refractivity contribution in [3.8, 4) is 0 Å². The topological polar surface area (TPSA) is 82.9 Å². The van der Waals surface area contributed by atoms with Gasteiger partial charge in [-0.05, 0) is 19.4 Å². The third-order valence-electron chi connectivity index (χ3n) is 2.82. The Morgan fingerprint density at radius 2 is 2.05 bits per heavy atom. The highest BCUT2D eigenvalue weighted by Gasteiger charge is 2.32. The van der Waals surface area contributed by atoms with Gasteiger partial charge in [-0.25, -0.2) is 0 Å². The predicted octanol–water partition coefficient (Wildman–Crippen LogP) is 1.68. The molecule has 7 heteroatoms. The summed E-state index contributed by atoms with van der Waals surface area (Å²) in [5, 5.41) is 13.2. The smallest absolute Gasteiger partial charge is 0.240 e. The molecule has 0 spiro atoms. The second-order valence-corrected chi connectivity index (χ2v) is 6.21. The summed E-state index contributed by atoms with van der Waals surface area (Å²) < 4.78 is 0. The maximum atomic E-state index is 11.9. The van der Waals surface area contributed by atoms with Gasteiger partial charge in [0.1, 0.15) is 5.25 Å². The maximum absolute atomic E-state index is 11.9. The number of thioether (sulfide) groups is 1. The van der Waals surface area contributed by atoms with Gasteiger partial charge in [-0.2, -0.15) is 5.10 Å². The molecule has 1 aliphatic rings. The summed E-state index contributed by atoms with van der Waals surface area (Å²) in [6.45, 7) is 4.10. The van der Waals surface area contributed by atoms with Crippen LogP contribution >= 0.6 is 11.8 Å². The normalized spacial score (nSPS) is 18.9. The number of amides is 2. The molecular weight excluding hydrogens is 300 g/mol. The number of benzene rings is 1. The molecule has 1 atom stereocenters. The number of carbonyl (C=O) groups excluding carboxylic acids is 2. The Kier molecular flexibility index (Phi) is 5.71. The molecule has 0 bridgehead atoms. The van der Waals surface area contributed by atoms with Crippen LogP contribution in [0.15, 0.2) is 40.5 Å². The van der Waals surface area contributed by atoms with Crippen LogP contribution in [0, 0.1) is 0 Å². The van der Waals surface area contributed by atoms with E-state index in [-0.39, 0.29) is 18.2 Å². The summed E-state index contributed by atoms with van der Waals surface area (Å²) in [5.74, 6) is -0.365. The molecular formula is C15H18N4O2S. The van der Waals surface area contributed by atoms with Crippen molar-refractivity contribution in [1.82, 2.24) is 10.6 Å². The average Bonchev–Trinajstić information content (AvgIpc) is 2.84. The lowest BCUT2D eigenvalue weighted by Gasteiger charge is -2.07. The second-order valence-electron chi connectivity index (χ2n) is 5.01. The van der Waals surface area contributed by atoms with Gasteiger partial charge in [0.05, 0.1) is 0 Å². The monoisotopic (exact) mass is 318 g/mol. The van der Waals surface area contributed by atoms with Crippen molar-refractivity contribution >= 4 is 34.5 Å². The van der Waals surface area contributed by atoms with Crippen molar-refractivity contribution in [2.24, 2.45) is 10.2 Å². The summed E-state index contributed by atoms with van der Waals surface area (Å²) in [5.41, 5.74) is 1.82. The summed E-state index contributed by atoms with van der Waals surface area (Å²) in [6.07, 6.45) is 0.122. The van der Waals surface area contributed by atoms with E-state index in [1.807, 2.05) is 44.2 Å². The molecule has 0 unspecified atom stereocenters. The first-order valence-corrected chi connectivity index (χ1v) is 7.79. The molecule has 0 aromatic heterocycles. The molecule has 1 aromatic rings. The van der Waals surface area contributed by atoms with Gasteiger partial charge in [0.2, 0.25) is 11.8 Å². The van der Waals surface area contributed by atoms with Gasteiger partial charge in [0, 0.05) is 18.7 Å². The van der Waals surface area contributed by atoms with Gasteiger partial charge in [-0.15, -0.1) is 5.10 Å². The van der Waals surface area contributed by atoms with Crippen molar-refractivity contribution in [2.75, 3.05) is 0 Å². The number of carbonyl (C=O) groups is 2. The van der Waals surface area contributed by atoms with E-state index in [0.717, 1.165) is 11.3 Å². The minimum Gasteiger partial charge on any atom is -0.352 e. The average molecular weight is 318 g/mol. The van der Waals surface area contributed by atoms with Crippen LogP contribution in [0.2, 0.25) is 0 Å². The van der Waals surface area contributed by atoms with Crippen LogP contribution in [0.1, 0.15) is 25.8 Å². The fraction of sp³-hybridized carbons (Fsp3) is 0.333. The van der Waals surface area contributed by atoms with E-state index in [0.29, 0.717) is 11.7 Å². The number of nitrogens with one attached hydrogen (secondary N) is 2. The van der Waals surface area contributed by atoms with E-state index >= 15 is 0 Å². The first-order chi connectivity index (χ1) is 10.5. The van der Waals surface area contributed by atoms with E-state index in [1.54, 1.807) is 0 Å². The van der Waals surface area contributed by atoms with Crippen LogP contribution in [-0.2, 0) is 16.1 Å². The van der Waals surface area contributed by atoms with Crippen LogP contribution in [0.4, 0.5) is 0 Å². The molecule has 0 aliphatic carbocycles. The molecule has 1 fully saturated rings. The zero-order valence-electron chi connectivity index (χ0n) is 12.5. The SMILES string of the molecule is CC(C)=N/N=C1\NC(=O)[C@H](CC(=O)NCc2ccccc2)S1. The molecule has 0 saturated carbocycles. The Morgan fingerprint density at radius 1 is 1.32 bits per heavy atom. The van der Waals surface area contributed by atoms with Crippen molar-refractivity contribution in [1.29, 1.82) is 0 Å². The lowest BCUT2D eigenvalue weighted by Crippen LogP contribution is -2.31. The predicted molar refractivity (Wildman–Crippen MR) is 88.6 cm³/mol. The Balaban J connectivity index is 1.83. The van der Waals surface area contributed by atoms with E-state index < -0.39 is 5.25 Å². The van der Waals surface area contributed by atoms with Crippen molar-refractivity contribution in [3.63, 3.8) is 0 Å². The minimum absolute atomic E-state index is 0.122. The fourth-order valence-corrected chi connectivity index (χ4v) is 2.69. The minimum atomic E-state index is -0.457. The molecule has 6 nitrogen and oxygen atoms in total. The van der Waals surface area contributed by atoms with Gasteiger partial charge in [0.25, 0.3) is 0 Å². The largest absolute Gasteiger partial charge is 0.352 e. The zero-order chi connectivity index (χ0) is 15.9. The highest BCUT2D eigenvalue weighted by molar-refractivity contribution is 8.15. The standard InChI is InChI=1S/C15H18N4O2S/c1-10(2)18-19-15-17-14(21)12(22-15)8-13(20)16-9-11-6-4-3-5-7-11/h3-7,12H,8-9H2,1-2H3,(H,16,20)(H,17,19,21)/t12-/m0/s1. The zero-order valence-corrected chi connectivity index (χ0v) is 13.3. The number of amidine groups is 1. The van der Waals surface area contributed by atoms with Crippen LogP contribution in [0.3, 0.4) is 0 Å². The Labute approximate surface area is 133 Å². The van der Waals surface area contributed by atoms with Gasteiger partial charge in [-0.3, -0.25) is 9.59 Å². The molecule has 2 rings (SSSR count). The summed E-state index contributed by atoms with van der Waals surface area (Å²) >= 11 is 1.23. The van der Waals surface area contributed by atoms with Gasteiger partial charge >= 0.3 is 0 Å². The van der Waals surface area contributed by atoms with Gasteiger partial charge in [-0.1, -0.05) is 42.1 Å². The Morgan fingerprint density at radius 3 is 2.73 bits per heavy atom. The molecule has 2 N–H and O–H groups in total. The quantitative estimate of drug-likeness (QED) is 0.640.